The third-order valence-electron chi connectivity index (χ3n) is 3.46. The molecule has 1 aromatic carbocycles. The van der Waals surface area contributed by atoms with Crippen molar-refractivity contribution in [3.8, 4) is 0 Å². The minimum atomic E-state index is -0.209. The molecule has 0 aliphatic carbocycles. The Morgan fingerprint density at radius 2 is 2.17 bits per heavy atom. The van der Waals surface area contributed by atoms with Gasteiger partial charge >= 0.3 is 5.97 Å². The summed E-state index contributed by atoms with van der Waals surface area (Å²) >= 11 is 0. The number of hydrogen-bond donors (Lipinski definition) is 1. The van der Waals surface area contributed by atoms with E-state index in [1.165, 1.54) is 12.7 Å². The summed E-state index contributed by atoms with van der Waals surface area (Å²) in [5.74, 6) is -0.180. The van der Waals surface area contributed by atoms with Crippen LogP contribution in [0.1, 0.15) is 18.4 Å². The minimum absolute atomic E-state index is 0.0983. The summed E-state index contributed by atoms with van der Waals surface area (Å²) in [5, 5.41) is 0. The number of likely N-dealkylation sites (tertiary alicyclic amines) is 1. The molecule has 0 amide bonds. The quantitative estimate of drug-likeness (QED) is 0.815. The van der Waals surface area contributed by atoms with Gasteiger partial charge in [0.05, 0.1) is 7.11 Å². The van der Waals surface area contributed by atoms with E-state index in [1.54, 1.807) is 0 Å². The third-order valence-corrected chi connectivity index (χ3v) is 3.46. The Hall–Kier alpha value is -1.39. The maximum absolute atomic E-state index is 11.8. The van der Waals surface area contributed by atoms with Gasteiger partial charge in [0.2, 0.25) is 0 Å². The smallest absolute Gasteiger partial charge is 0.323 e. The monoisotopic (exact) mass is 248 g/mol. The molecule has 0 radical (unpaired) electrons. The number of nitrogens with zero attached hydrogens (tertiary/aromatic N) is 1. The second-order valence-corrected chi connectivity index (χ2v) is 4.78. The van der Waals surface area contributed by atoms with Crippen molar-refractivity contribution >= 4 is 5.97 Å². The molecule has 4 nitrogen and oxygen atoms in total. The van der Waals surface area contributed by atoms with Crippen molar-refractivity contribution in [2.24, 2.45) is 5.73 Å². The number of ether oxygens (including phenoxy) is 1. The molecule has 18 heavy (non-hydrogen) atoms. The van der Waals surface area contributed by atoms with Gasteiger partial charge in [0.1, 0.15) is 6.04 Å². The highest BCUT2D eigenvalue weighted by atomic mass is 16.5. The first-order chi connectivity index (χ1) is 8.70. The molecule has 2 N–H and O–H groups in total. The zero-order valence-corrected chi connectivity index (χ0v) is 10.7. The van der Waals surface area contributed by atoms with Crippen LogP contribution in [0.2, 0.25) is 0 Å². The van der Waals surface area contributed by atoms with Crippen molar-refractivity contribution in [2.75, 3.05) is 13.7 Å². The summed E-state index contributed by atoms with van der Waals surface area (Å²) in [4.78, 5) is 14.0. The SMILES string of the molecule is COC(=O)[C@@H]1C[C@@H](N)CCN1Cc1ccccc1. The lowest BCUT2D eigenvalue weighted by atomic mass is 9.97. The average Bonchev–Trinajstić information content (AvgIpc) is 2.41. The molecule has 0 spiro atoms. The second kappa shape index (κ2) is 5.98. The number of carbonyl (C=O) groups excluding carboxylic acids is 1. The fourth-order valence-electron chi connectivity index (χ4n) is 2.43. The fourth-order valence-corrected chi connectivity index (χ4v) is 2.43. The molecule has 0 aromatic heterocycles. The van der Waals surface area contributed by atoms with Crippen LogP contribution in [0.5, 0.6) is 0 Å². The normalized spacial score (nSPS) is 24.8. The lowest BCUT2D eigenvalue weighted by molar-refractivity contribution is -0.148. The highest BCUT2D eigenvalue weighted by Gasteiger charge is 2.32. The maximum Gasteiger partial charge on any atom is 0.323 e. The van der Waals surface area contributed by atoms with E-state index in [0.717, 1.165) is 19.5 Å². The van der Waals surface area contributed by atoms with Crippen LogP contribution in [0.15, 0.2) is 30.3 Å². The predicted octanol–water partition coefficient (Wildman–Crippen LogP) is 1.15. The van der Waals surface area contributed by atoms with Crippen LogP contribution in [0, 0.1) is 0 Å². The molecular weight excluding hydrogens is 228 g/mol. The van der Waals surface area contributed by atoms with Crippen LogP contribution in [0.4, 0.5) is 0 Å². The van der Waals surface area contributed by atoms with Gasteiger partial charge in [-0.05, 0) is 18.4 Å². The molecule has 1 saturated heterocycles. The van der Waals surface area contributed by atoms with E-state index in [-0.39, 0.29) is 18.1 Å². The summed E-state index contributed by atoms with van der Waals surface area (Å²) in [7, 11) is 1.43. The zero-order chi connectivity index (χ0) is 13.0. The molecule has 98 valence electrons. The van der Waals surface area contributed by atoms with E-state index < -0.39 is 0 Å². The standard InChI is InChI=1S/C14H20N2O2/c1-18-14(17)13-9-12(15)7-8-16(13)10-11-5-3-2-4-6-11/h2-6,12-13H,7-10,15H2,1H3/t12-,13-/m0/s1. The van der Waals surface area contributed by atoms with E-state index in [9.17, 15) is 4.79 Å². The number of benzene rings is 1. The number of esters is 1. The Bertz CT molecular complexity index is 394. The number of carbonyl (C=O) groups is 1. The molecule has 1 heterocycles. The van der Waals surface area contributed by atoms with Gasteiger partial charge < -0.3 is 10.5 Å². The fraction of sp³-hybridized carbons (Fsp3) is 0.500. The molecule has 1 aromatic rings. The van der Waals surface area contributed by atoms with Gasteiger partial charge in [-0.3, -0.25) is 9.69 Å². The maximum atomic E-state index is 11.8. The van der Waals surface area contributed by atoms with Gasteiger partial charge in [-0.15, -0.1) is 0 Å². The zero-order valence-electron chi connectivity index (χ0n) is 10.7. The van der Waals surface area contributed by atoms with Gasteiger partial charge in [-0.1, -0.05) is 30.3 Å². The van der Waals surface area contributed by atoms with Gasteiger partial charge in [-0.2, -0.15) is 0 Å². The topological polar surface area (TPSA) is 55.6 Å². The van der Waals surface area contributed by atoms with Crippen molar-refractivity contribution < 1.29 is 9.53 Å². The third kappa shape index (κ3) is 3.09. The molecule has 1 aliphatic rings. The summed E-state index contributed by atoms with van der Waals surface area (Å²) in [6.45, 7) is 1.61. The molecule has 1 aliphatic heterocycles. The molecule has 1 fully saturated rings. The molecule has 2 atom stereocenters. The molecule has 0 saturated carbocycles. The Labute approximate surface area is 108 Å². The predicted molar refractivity (Wildman–Crippen MR) is 69.9 cm³/mol. The van der Waals surface area contributed by atoms with Gasteiger partial charge in [0.25, 0.3) is 0 Å². The van der Waals surface area contributed by atoms with Gasteiger partial charge in [-0.25, -0.2) is 0 Å². The van der Waals surface area contributed by atoms with E-state index in [2.05, 4.69) is 17.0 Å². The summed E-state index contributed by atoms with van der Waals surface area (Å²) < 4.78 is 4.87. The van der Waals surface area contributed by atoms with Crippen molar-refractivity contribution in [1.82, 2.24) is 4.90 Å². The van der Waals surface area contributed by atoms with E-state index in [4.69, 9.17) is 10.5 Å². The van der Waals surface area contributed by atoms with Crippen molar-refractivity contribution in [2.45, 2.75) is 31.5 Å². The molecule has 0 unspecified atom stereocenters. The number of methoxy groups -OCH3 is 1. The van der Waals surface area contributed by atoms with Crippen molar-refractivity contribution in [3.63, 3.8) is 0 Å². The summed E-state index contributed by atoms with van der Waals surface area (Å²) in [5.41, 5.74) is 7.15. The lowest BCUT2D eigenvalue weighted by Gasteiger charge is -2.36. The Morgan fingerprint density at radius 1 is 1.44 bits per heavy atom. The van der Waals surface area contributed by atoms with Crippen molar-refractivity contribution in [3.05, 3.63) is 35.9 Å². The average molecular weight is 248 g/mol. The van der Waals surface area contributed by atoms with Crippen LogP contribution < -0.4 is 5.73 Å². The largest absolute Gasteiger partial charge is 0.468 e. The first-order valence-corrected chi connectivity index (χ1v) is 6.32. The van der Waals surface area contributed by atoms with E-state index in [1.807, 2.05) is 18.2 Å². The molecule has 4 heteroatoms. The summed E-state index contributed by atoms with van der Waals surface area (Å²) in [6, 6.07) is 10.1. The first kappa shape index (κ1) is 13.1. The van der Waals surface area contributed by atoms with Gasteiger partial charge in [0.15, 0.2) is 0 Å². The lowest BCUT2D eigenvalue weighted by Crippen LogP contribution is -2.50. The highest BCUT2D eigenvalue weighted by molar-refractivity contribution is 5.75. The Balaban J connectivity index is 2.07. The van der Waals surface area contributed by atoms with Crippen LogP contribution in [0.25, 0.3) is 0 Å². The number of nitrogens with two attached hydrogens (primary N) is 1. The Morgan fingerprint density at radius 3 is 2.83 bits per heavy atom. The van der Waals surface area contributed by atoms with Crippen molar-refractivity contribution in [1.29, 1.82) is 0 Å². The minimum Gasteiger partial charge on any atom is -0.468 e. The molecular formula is C14H20N2O2. The first-order valence-electron chi connectivity index (χ1n) is 6.32. The van der Waals surface area contributed by atoms with E-state index >= 15 is 0 Å². The van der Waals surface area contributed by atoms with Crippen LogP contribution >= 0.6 is 0 Å². The number of piperidine rings is 1. The van der Waals surface area contributed by atoms with Crippen LogP contribution in [-0.4, -0.2) is 36.6 Å². The van der Waals surface area contributed by atoms with E-state index in [0.29, 0.717) is 6.42 Å². The van der Waals surface area contributed by atoms with Crippen LogP contribution in [0.3, 0.4) is 0 Å². The highest BCUT2D eigenvalue weighted by Crippen LogP contribution is 2.20. The molecule has 2 rings (SSSR count). The second-order valence-electron chi connectivity index (χ2n) is 4.78. The van der Waals surface area contributed by atoms with Crippen LogP contribution in [-0.2, 0) is 16.1 Å². The van der Waals surface area contributed by atoms with Gasteiger partial charge in [0, 0.05) is 19.1 Å². The number of rotatable bonds is 3. The number of hydrogen-bond acceptors (Lipinski definition) is 4. The summed E-state index contributed by atoms with van der Waals surface area (Å²) in [6.07, 6.45) is 1.61. The molecule has 0 bridgehead atoms. The Kier molecular flexibility index (Phi) is 4.33.